The molecule has 13 heavy (non-hydrogen) atoms. The maximum atomic E-state index is 8.29. The van der Waals surface area contributed by atoms with Gasteiger partial charge in [0.05, 0.1) is 5.69 Å². The van der Waals surface area contributed by atoms with Gasteiger partial charge in [0, 0.05) is 13.2 Å². The van der Waals surface area contributed by atoms with Crippen molar-refractivity contribution < 1.29 is 9.94 Å². The van der Waals surface area contributed by atoms with Crippen LogP contribution in [0, 0.1) is 0 Å². The van der Waals surface area contributed by atoms with Crippen LogP contribution in [0.2, 0.25) is 0 Å². The summed E-state index contributed by atoms with van der Waals surface area (Å²) >= 11 is 0. The van der Waals surface area contributed by atoms with Crippen molar-refractivity contribution in [2.24, 2.45) is 0 Å². The highest BCUT2D eigenvalue weighted by atomic mass is 16.5. The lowest BCUT2D eigenvalue weighted by atomic mass is 10.3. The van der Waals surface area contributed by atoms with Gasteiger partial charge in [-0.1, -0.05) is 18.2 Å². The highest BCUT2D eigenvalue weighted by Gasteiger charge is 1.94. The van der Waals surface area contributed by atoms with Crippen LogP contribution < -0.4 is 5.48 Å². The molecule has 1 aliphatic heterocycles. The molecule has 0 aliphatic carbocycles. The van der Waals surface area contributed by atoms with Gasteiger partial charge in [0.1, 0.15) is 0 Å². The monoisotopic (exact) mass is 181 g/mol. The van der Waals surface area contributed by atoms with E-state index in [1.165, 1.54) is 12.8 Å². The van der Waals surface area contributed by atoms with E-state index in [0.717, 1.165) is 13.2 Å². The molecule has 2 rings (SSSR count). The summed E-state index contributed by atoms with van der Waals surface area (Å²) in [6.07, 6.45) is 2.56. The molecule has 1 aromatic carbocycles. The second kappa shape index (κ2) is 6.46. The molecule has 1 aromatic rings. The first-order valence-electron chi connectivity index (χ1n) is 4.46. The van der Waals surface area contributed by atoms with Crippen LogP contribution in [0.15, 0.2) is 30.3 Å². The minimum Gasteiger partial charge on any atom is -0.381 e. The Morgan fingerprint density at radius 2 is 1.69 bits per heavy atom. The van der Waals surface area contributed by atoms with Gasteiger partial charge < -0.3 is 4.74 Å². The lowest BCUT2D eigenvalue weighted by Gasteiger charge is -1.92. The molecule has 3 nitrogen and oxygen atoms in total. The number of benzene rings is 1. The Labute approximate surface area is 78.3 Å². The molecule has 3 heteroatoms. The Balaban J connectivity index is 0.000000145. The number of para-hydroxylation sites is 1. The van der Waals surface area contributed by atoms with Gasteiger partial charge in [0.15, 0.2) is 0 Å². The minimum absolute atomic E-state index is 0.715. The van der Waals surface area contributed by atoms with E-state index in [4.69, 9.17) is 9.94 Å². The molecular weight excluding hydrogens is 166 g/mol. The first-order valence-corrected chi connectivity index (χ1v) is 4.46. The first-order chi connectivity index (χ1) is 6.43. The molecule has 1 heterocycles. The summed E-state index contributed by atoms with van der Waals surface area (Å²) < 4.78 is 4.94. The summed E-state index contributed by atoms with van der Waals surface area (Å²) in [5.74, 6) is 0. The molecule has 0 radical (unpaired) electrons. The zero-order chi connectivity index (χ0) is 9.36. The Kier molecular flexibility index (Phi) is 4.98. The van der Waals surface area contributed by atoms with Crippen LogP contribution in [-0.4, -0.2) is 18.4 Å². The van der Waals surface area contributed by atoms with Gasteiger partial charge in [-0.25, -0.2) is 0 Å². The lowest BCUT2D eigenvalue weighted by molar-refractivity contribution is 0.198. The third-order valence-electron chi connectivity index (χ3n) is 1.73. The van der Waals surface area contributed by atoms with Gasteiger partial charge in [0.25, 0.3) is 0 Å². The molecule has 0 spiro atoms. The van der Waals surface area contributed by atoms with Crippen LogP contribution in [0.5, 0.6) is 0 Å². The highest BCUT2D eigenvalue weighted by Crippen LogP contribution is 2.01. The van der Waals surface area contributed by atoms with E-state index >= 15 is 0 Å². The Bertz CT molecular complexity index is 202. The van der Waals surface area contributed by atoms with Gasteiger partial charge in [-0.2, -0.15) is 0 Å². The molecule has 1 saturated heterocycles. The summed E-state index contributed by atoms with van der Waals surface area (Å²) in [7, 11) is 0. The van der Waals surface area contributed by atoms with Gasteiger partial charge in [0.2, 0.25) is 0 Å². The first kappa shape index (κ1) is 10.0. The van der Waals surface area contributed by atoms with Gasteiger partial charge in [-0.15, -0.1) is 0 Å². The zero-order valence-electron chi connectivity index (χ0n) is 7.57. The number of rotatable bonds is 1. The predicted octanol–water partition coefficient (Wildman–Crippen LogP) is 2.28. The normalized spacial score (nSPS) is 14.5. The molecule has 0 aromatic heterocycles. The number of nitrogens with one attached hydrogen (secondary N) is 1. The van der Waals surface area contributed by atoms with E-state index in [9.17, 15) is 0 Å². The van der Waals surface area contributed by atoms with Crippen LogP contribution in [0.1, 0.15) is 12.8 Å². The largest absolute Gasteiger partial charge is 0.381 e. The van der Waals surface area contributed by atoms with Crippen molar-refractivity contribution >= 4 is 5.69 Å². The average molecular weight is 181 g/mol. The summed E-state index contributed by atoms with van der Waals surface area (Å²) in [6, 6.07) is 9.14. The molecule has 0 saturated carbocycles. The van der Waals surface area contributed by atoms with E-state index in [-0.39, 0.29) is 0 Å². The Morgan fingerprint density at radius 3 is 2.00 bits per heavy atom. The fraction of sp³-hybridized carbons (Fsp3) is 0.400. The minimum atomic E-state index is 0.715. The third-order valence-corrected chi connectivity index (χ3v) is 1.73. The van der Waals surface area contributed by atoms with E-state index in [1.807, 2.05) is 23.7 Å². The summed E-state index contributed by atoms with van der Waals surface area (Å²) in [5, 5.41) is 8.29. The molecule has 1 fully saturated rings. The van der Waals surface area contributed by atoms with Crippen molar-refractivity contribution in [2.45, 2.75) is 12.8 Å². The van der Waals surface area contributed by atoms with Crippen molar-refractivity contribution in [1.29, 1.82) is 0 Å². The second-order valence-corrected chi connectivity index (χ2v) is 2.80. The lowest BCUT2D eigenvalue weighted by Crippen LogP contribution is -1.85. The average Bonchev–Trinajstić information content (AvgIpc) is 2.77. The molecule has 1 aliphatic rings. The number of hydrogen-bond acceptors (Lipinski definition) is 3. The summed E-state index contributed by atoms with van der Waals surface area (Å²) in [6.45, 7) is 2.00. The third kappa shape index (κ3) is 4.50. The van der Waals surface area contributed by atoms with Crippen LogP contribution in [0.3, 0.4) is 0 Å². The second-order valence-electron chi connectivity index (χ2n) is 2.80. The predicted molar refractivity (Wildman–Crippen MR) is 51.9 cm³/mol. The Hall–Kier alpha value is -1.06. The van der Waals surface area contributed by atoms with Crippen molar-refractivity contribution in [2.75, 3.05) is 18.7 Å². The van der Waals surface area contributed by atoms with E-state index in [1.54, 1.807) is 12.1 Å². The molecule has 0 unspecified atom stereocenters. The smallest absolute Gasteiger partial charge is 0.0602 e. The fourth-order valence-corrected chi connectivity index (χ4v) is 1.02. The maximum absolute atomic E-state index is 8.29. The van der Waals surface area contributed by atoms with Crippen LogP contribution >= 0.6 is 0 Å². The quantitative estimate of drug-likeness (QED) is 0.653. The maximum Gasteiger partial charge on any atom is 0.0602 e. The number of anilines is 1. The molecular formula is C10H15NO2. The van der Waals surface area contributed by atoms with Crippen LogP contribution in [0.4, 0.5) is 5.69 Å². The van der Waals surface area contributed by atoms with Gasteiger partial charge in [-0.05, 0) is 25.0 Å². The SMILES string of the molecule is C1CCOC1.ONc1ccccc1. The van der Waals surface area contributed by atoms with Crippen molar-refractivity contribution in [1.82, 2.24) is 0 Å². The van der Waals surface area contributed by atoms with Crippen molar-refractivity contribution in [3.05, 3.63) is 30.3 Å². The topological polar surface area (TPSA) is 41.5 Å². The van der Waals surface area contributed by atoms with E-state index in [2.05, 4.69) is 0 Å². The molecule has 72 valence electrons. The summed E-state index contributed by atoms with van der Waals surface area (Å²) in [4.78, 5) is 0. The molecule has 2 N–H and O–H groups in total. The molecule has 0 atom stereocenters. The summed E-state index contributed by atoms with van der Waals surface area (Å²) in [5.41, 5.74) is 2.74. The van der Waals surface area contributed by atoms with Gasteiger partial charge in [-0.3, -0.25) is 10.7 Å². The molecule has 0 bridgehead atoms. The zero-order valence-corrected chi connectivity index (χ0v) is 7.57. The van der Waals surface area contributed by atoms with Crippen molar-refractivity contribution in [3.63, 3.8) is 0 Å². The van der Waals surface area contributed by atoms with Gasteiger partial charge >= 0.3 is 0 Å². The standard InChI is InChI=1S/C6H7NO.C4H8O/c8-7-6-4-2-1-3-5-6;1-2-4-5-3-1/h1-5,7-8H;1-4H2. The number of hydrogen-bond donors (Lipinski definition) is 2. The van der Waals surface area contributed by atoms with Crippen molar-refractivity contribution in [3.8, 4) is 0 Å². The molecule has 0 amide bonds. The Morgan fingerprint density at radius 1 is 1.08 bits per heavy atom. The fourth-order valence-electron chi connectivity index (χ4n) is 1.02. The van der Waals surface area contributed by atoms with E-state index < -0.39 is 0 Å². The van der Waals surface area contributed by atoms with Crippen LogP contribution in [-0.2, 0) is 4.74 Å². The van der Waals surface area contributed by atoms with Crippen LogP contribution in [0.25, 0.3) is 0 Å². The highest BCUT2D eigenvalue weighted by molar-refractivity contribution is 5.39. The van der Waals surface area contributed by atoms with E-state index in [0.29, 0.717) is 5.69 Å². The number of ether oxygens (including phenoxy) is 1.